The van der Waals surface area contributed by atoms with E-state index in [1.54, 1.807) is 4.68 Å². The van der Waals surface area contributed by atoms with Crippen LogP contribution in [0.25, 0.3) is 22.2 Å². The van der Waals surface area contributed by atoms with Crippen LogP contribution in [-0.2, 0) is 12.6 Å². The molecule has 2 atom stereocenters. The van der Waals surface area contributed by atoms with Crippen molar-refractivity contribution in [3.8, 4) is 11.3 Å². The number of benzene rings is 2. The largest absolute Gasteiger partial charge is 0.366 e. The van der Waals surface area contributed by atoms with Crippen molar-refractivity contribution in [1.29, 1.82) is 0 Å². The van der Waals surface area contributed by atoms with Crippen molar-refractivity contribution in [3.05, 3.63) is 77.6 Å². The summed E-state index contributed by atoms with van der Waals surface area (Å²) in [5.41, 5.74) is 6.47. The van der Waals surface area contributed by atoms with Crippen molar-refractivity contribution in [2.24, 2.45) is 7.05 Å². The highest BCUT2D eigenvalue weighted by molar-refractivity contribution is 5.98. The first kappa shape index (κ1) is 21.6. The van der Waals surface area contributed by atoms with Crippen molar-refractivity contribution in [2.75, 3.05) is 18.0 Å². The van der Waals surface area contributed by atoms with Crippen molar-refractivity contribution < 1.29 is 4.79 Å². The monoisotopic (exact) mass is 478 g/mol. The second-order valence-electron chi connectivity index (χ2n) is 10.7. The quantitative estimate of drug-likeness (QED) is 0.455. The van der Waals surface area contributed by atoms with Crippen LogP contribution < -0.4 is 15.5 Å². The fourth-order valence-corrected chi connectivity index (χ4v) is 6.05. The summed E-state index contributed by atoms with van der Waals surface area (Å²) in [4.78, 5) is 21.1. The third-order valence-corrected chi connectivity index (χ3v) is 8.19. The zero-order valence-electron chi connectivity index (χ0n) is 20.7. The van der Waals surface area contributed by atoms with E-state index in [1.807, 2.05) is 44.6 Å². The highest BCUT2D eigenvalue weighted by atomic mass is 16.1. The van der Waals surface area contributed by atoms with Gasteiger partial charge in [0.1, 0.15) is 0 Å². The number of aromatic nitrogens is 3. The number of carbonyl (C=O) groups excluding carboxylic acids is 1. The topological polar surface area (TPSA) is 75.1 Å². The number of carbonyl (C=O) groups is 1. The van der Waals surface area contributed by atoms with Gasteiger partial charge in [-0.05, 0) is 61.6 Å². The molecule has 1 aliphatic carbocycles. The maximum Gasteiger partial charge on any atom is 0.252 e. The molecule has 2 N–H and O–H groups in total. The summed E-state index contributed by atoms with van der Waals surface area (Å²) < 4.78 is 1.79. The van der Waals surface area contributed by atoms with Gasteiger partial charge in [-0.1, -0.05) is 24.3 Å². The van der Waals surface area contributed by atoms with Gasteiger partial charge in [0.05, 0.1) is 22.9 Å². The van der Waals surface area contributed by atoms with E-state index in [0.29, 0.717) is 12.1 Å². The summed E-state index contributed by atoms with van der Waals surface area (Å²) >= 11 is 0. The van der Waals surface area contributed by atoms with Crippen LogP contribution in [0.3, 0.4) is 0 Å². The molecule has 7 heteroatoms. The fraction of sp³-hybridized carbons (Fsp3) is 0.345. The molecule has 1 amide bonds. The van der Waals surface area contributed by atoms with E-state index in [2.05, 4.69) is 51.0 Å². The molecule has 0 radical (unpaired) electrons. The first-order valence-electron chi connectivity index (χ1n) is 12.8. The van der Waals surface area contributed by atoms with E-state index in [-0.39, 0.29) is 11.4 Å². The summed E-state index contributed by atoms with van der Waals surface area (Å²) in [5, 5.41) is 12.4. The summed E-state index contributed by atoms with van der Waals surface area (Å²) in [5.74, 6) is -0.00171. The van der Waals surface area contributed by atoms with Crippen LogP contribution in [0.1, 0.15) is 40.7 Å². The molecule has 4 heterocycles. The maximum atomic E-state index is 13.7. The molecule has 2 aromatic heterocycles. The van der Waals surface area contributed by atoms with Crippen molar-refractivity contribution in [2.45, 2.75) is 43.8 Å². The highest BCUT2D eigenvalue weighted by Gasteiger charge is 2.47. The Balaban J connectivity index is 1.24. The lowest BCUT2D eigenvalue weighted by Gasteiger charge is -2.30. The molecule has 2 aliphatic heterocycles. The number of nitrogens with one attached hydrogen (secondary N) is 2. The first-order valence-corrected chi connectivity index (χ1v) is 12.8. The number of nitrogens with zero attached hydrogens (tertiary/aromatic N) is 4. The Morgan fingerprint density at radius 3 is 2.75 bits per heavy atom. The Kier molecular flexibility index (Phi) is 4.73. The van der Waals surface area contributed by atoms with Gasteiger partial charge in [0, 0.05) is 60.6 Å². The Bertz CT molecular complexity index is 1500. The maximum absolute atomic E-state index is 13.7. The molecule has 1 saturated carbocycles. The smallest absolute Gasteiger partial charge is 0.252 e. The zero-order valence-corrected chi connectivity index (χ0v) is 20.7. The Hall–Kier alpha value is -3.71. The van der Waals surface area contributed by atoms with Crippen LogP contribution in [0, 0.1) is 6.92 Å². The lowest BCUT2D eigenvalue weighted by Crippen LogP contribution is -2.43. The third kappa shape index (κ3) is 3.49. The van der Waals surface area contributed by atoms with Crippen LogP contribution in [0.5, 0.6) is 0 Å². The number of aryl methyl sites for hydroxylation is 2. The molecule has 2 aromatic carbocycles. The van der Waals surface area contributed by atoms with Gasteiger partial charge in [-0.2, -0.15) is 5.10 Å². The molecule has 2 bridgehead atoms. The molecular formula is C29H30N6O. The molecular weight excluding hydrogens is 448 g/mol. The number of para-hydroxylation sites is 1. The van der Waals surface area contributed by atoms with Gasteiger partial charge >= 0.3 is 0 Å². The molecule has 0 unspecified atom stereocenters. The van der Waals surface area contributed by atoms with Gasteiger partial charge in [-0.25, -0.2) is 4.98 Å². The number of pyridine rings is 1. The van der Waals surface area contributed by atoms with Gasteiger partial charge < -0.3 is 15.5 Å². The Morgan fingerprint density at radius 2 is 2.03 bits per heavy atom. The summed E-state index contributed by atoms with van der Waals surface area (Å²) in [6.07, 6.45) is 6.84. The van der Waals surface area contributed by atoms with E-state index >= 15 is 0 Å². The number of fused-ring (bicyclic) bond motifs is 3. The van der Waals surface area contributed by atoms with E-state index in [9.17, 15) is 4.79 Å². The first-order chi connectivity index (χ1) is 17.5. The molecule has 3 aliphatic rings. The van der Waals surface area contributed by atoms with Crippen LogP contribution in [0.4, 0.5) is 5.69 Å². The average molecular weight is 479 g/mol. The average Bonchev–Trinajstić information content (AvgIpc) is 3.21. The zero-order chi connectivity index (χ0) is 24.4. The third-order valence-electron chi connectivity index (χ3n) is 8.19. The second kappa shape index (κ2) is 7.90. The standard InChI is InChI=1S/C29H30N6O/c1-18-7-8-21(35-17-20-11-22(35)15-30-20)12-24(18)28(36)33-29(9-10-29)25-13-27(19-14-31-34(2)16-19)32-26-6-4-3-5-23(25)26/h3-8,12-14,16,20,22,30H,9-11,15,17H2,1-2H3,(H,33,36)/t20-,22-/m1/s1. The lowest BCUT2D eigenvalue weighted by molar-refractivity contribution is 0.0930. The number of piperazine rings is 1. The number of rotatable bonds is 5. The van der Waals surface area contributed by atoms with Crippen molar-refractivity contribution in [1.82, 2.24) is 25.4 Å². The van der Waals surface area contributed by atoms with Crippen LogP contribution in [0.2, 0.25) is 0 Å². The van der Waals surface area contributed by atoms with Crippen LogP contribution in [-0.4, -0.2) is 45.8 Å². The highest BCUT2D eigenvalue weighted by Crippen LogP contribution is 2.49. The molecule has 4 aromatic rings. The predicted molar refractivity (Wildman–Crippen MR) is 141 cm³/mol. The van der Waals surface area contributed by atoms with Crippen LogP contribution >= 0.6 is 0 Å². The number of hydrogen-bond acceptors (Lipinski definition) is 5. The van der Waals surface area contributed by atoms with Gasteiger partial charge in [0.15, 0.2) is 0 Å². The molecule has 36 heavy (non-hydrogen) atoms. The van der Waals surface area contributed by atoms with Gasteiger partial charge in [0.25, 0.3) is 5.91 Å². The lowest BCUT2D eigenvalue weighted by atomic mass is 9.96. The Labute approximate surface area is 210 Å². The summed E-state index contributed by atoms with van der Waals surface area (Å²) in [6, 6.07) is 17.8. The number of anilines is 1. The second-order valence-corrected chi connectivity index (χ2v) is 10.7. The van der Waals surface area contributed by atoms with Crippen LogP contribution in [0.15, 0.2) is 60.9 Å². The van der Waals surface area contributed by atoms with E-state index in [1.165, 1.54) is 6.42 Å². The van der Waals surface area contributed by atoms with Crippen molar-refractivity contribution >= 4 is 22.5 Å². The van der Waals surface area contributed by atoms with Gasteiger partial charge in [0.2, 0.25) is 0 Å². The van der Waals surface area contributed by atoms with E-state index in [0.717, 1.165) is 70.5 Å². The molecule has 3 fully saturated rings. The normalized spacial score (nSPS) is 21.8. The molecule has 182 valence electrons. The van der Waals surface area contributed by atoms with Gasteiger partial charge in [-0.15, -0.1) is 0 Å². The van der Waals surface area contributed by atoms with Crippen molar-refractivity contribution in [3.63, 3.8) is 0 Å². The SMILES string of the molecule is Cc1ccc(N2C[C@H]3C[C@@H]2CN3)cc1C(=O)NC1(c2cc(-c3cnn(C)c3)nc3ccccc23)CC1. The van der Waals surface area contributed by atoms with E-state index < -0.39 is 0 Å². The Morgan fingerprint density at radius 1 is 1.17 bits per heavy atom. The number of amides is 1. The van der Waals surface area contributed by atoms with E-state index in [4.69, 9.17) is 4.98 Å². The molecule has 2 saturated heterocycles. The minimum absolute atomic E-state index is 0.00171. The molecule has 7 nitrogen and oxygen atoms in total. The number of hydrogen-bond donors (Lipinski definition) is 2. The minimum atomic E-state index is -0.379. The molecule has 0 spiro atoms. The summed E-state index contributed by atoms with van der Waals surface area (Å²) in [6.45, 7) is 4.06. The molecule has 7 rings (SSSR count). The fourth-order valence-electron chi connectivity index (χ4n) is 6.05. The minimum Gasteiger partial charge on any atom is -0.366 e. The summed E-state index contributed by atoms with van der Waals surface area (Å²) in [7, 11) is 1.91. The van der Waals surface area contributed by atoms with Gasteiger partial charge in [-0.3, -0.25) is 9.48 Å². The predicted octanol–water partition coefficient (Wildman–Crippen LogP) is 3.91.